The summed E-state index contributed by atoms with van der Waals surface area (Å²) in [6, 6.07) is 1.91. The highest BCUT2D eigenvalue weighted by Crippen LogP contribution is 2.20. The van der Waals surface area contributed by atoms with Crippen LogP contribution in [0, 0.1) is 6.92 Å². The minimum absolute atomic E-state index is 0.566. The number of nitrogens with zero attached hydrogens (tertiary/aromatic N) is 3. The topological polar surface area (TPSA) is 75.9 Å². The van der Waals surface area contributed by atoms with E-state index < -0.39 is 0 Å². The van der Waals surface area contributed by atoms with Crippen LogP contribution in [0.5, 0.6) is 0 Å². The number of aromatic nitrogens is 3. The average Bonchev–Trinajstić information content (AvgIpc) is 2.83. The molecule has 0 aromatic carbocycles. The number of aryl methyl sites for hydroxylation is 1. The van der Waals surface area contributed by atoms with E-state index in [0.717, 1.165) is 41.6 Å². The smallest absolute Gasteiger partial charge is 0.156 e. The normalized spacial score (nSPS) is 10.5. The molecule has 0 amide bonds. The molecule has 2 aromatic heterocycles. The summed E-state index contributed by atoms with van der Waals surface area (Å²) in [5.41, 5.74) is 1.96. The molecular weight excluding hydrogens is 242 g/mol. The van der Waals surface area contributed by atoms with Gasteiger partial charge in [-0.2, -0.15) is 0 Å². The lowest BCUT2D eigenvalue weighted by molar-refractivity contribution is 0.384. The number of hydrogen-bond donors (Lipinski definition) is 2. The summed E-state index contributed by atoms with van der Waals surface area (Å²) in [6.07, 6.45) is 2.42. The molecule has 0 atom stereocenters. The first-order valence-corrected chi connectivity index (χ1v) is 6.48. The molecule has 0 unspecified atom stereocenters. The molecule has 2 heterocycles. The number of anilines is 2. The van der Waals surface area contributed by atoms with E-state index >= 15 is 0 Å². The molecule has 0 fully saturated rings. The summed E-state index contributed by atoms with van der Waals surface area (Å²) in [5.74, 6) is 2.52. The van der Waals surface area contributed by atoms with Gasteiger partial charge in [0.1, 0.15) is 18.0 Å². The van der Waals surface area contributed by atoms with E-state index in [2.05, 4.69) is 32.7 Å². The van der Waals surface area contributed by atoms with E-state index in [0.29, 0.717) is 6.54 Å². The van der Waals surface area contributed by atoms with Crippen molar-refractivity contribution in [3.8, 4) is 0 Å². The second kappa shape index (κ2) is 6.17. The van der Waals surface area contributed by atoms with Crippen LogP contribution in [0.15, 0.2) is 16.9 Å². The van der Waals surface area contributed by atoms with Gasteiger partial charge in [-0.1, -0.05) is 12.1 Å². The Labute approximate surface area is 112 Å². The fraction of sp³-hybridized carbons (Fsp3) is 0.462. The molecule has 19 heavy (non-hydrogen) atoms. The van der Waals surface area contributed by atoms with Crippen molar-refractivity contribution in [2.45, 2.75) is 33.7 Å². The van der Waals surface area contributed by atoms with Gasteiger partial charge in [-0.25, -0.2) is 9.97 Å². The van der Waals surface area contributed by atoms with Gasteiger partial charge in [-0.3, -0.25) is 0 Å². The van der Waals surface area contributed by atoms with Gasteiger partial charge in [0.05, 0.1) is 12.2 Å². The Balaban J connectivity index is 2.13. The molecule has 0 aliphatic heterocycles. The van der Waals surface area contributed by atoms with Gasteiger partial charge >= 0.3 is 0 Å². The molecule has 0 aliphatic carbocycles. The first-order valence-electron chi connectivity index (χ1n) is 6.48. The Kier molecular flexibility index (Phi) is 4.33. The van der Waals surface area contributed by atoms with Crippen molar-refractivity contribution in [3.63, 3.8) is 0 Å². The van der Waals surface area contributed by atoms with Crippen LogP contribution < -0.4 is 10.6 Å². The summed E-state index contributed by atoms with van der Waals surface area (Å²) in [7, 11) is 0. The van der Waals surface area contributed by atoms with Gasteiger partial charge in [0.15, 0.2) is 5.76 Å². The summed E-state index contributed by atoms with van der Waals surface area (Å²) in [5, 5.41) is 10.4. The first-order chi connectivity index (χ1) is 9.24. The van der Waals surface area contributed by atoms with Crippen LogP contribution in [-0.4, -0.2) is 21.7 Å². The zero-order valence-electron chi connectivity index (χ0n) is 11.5. The summed E-state index contributed by atoms with van der Waals surface area (Å²) >= 11 is 0. The van der Waals surface area contributed by atoms with Gasteiger partial charge in [0.2, 0.25) is 0 Å². The molecule has 0 aliphatic rings. The second-order valence-electron chi connectivity index (χ2n) is 4.22. The van der Waals surface area contributed by atoms with Crippen molar-refractivity contribution in [2.24, 2.45) is 0 Å². The van der Waals surface area contributed by atoms with Gasteiger partial charge in [0.25, 0.3) is 0 Å². The standard InChI is InChI=1S/C13H19N5O/c1-4-11-12(14-5-2)16-8-17-13(11)15-7-10-6-9(3)18-19-10/h6,8H,4-5,7H2,1-3H3,(H2,14,15,16,17). The molecule has 6 heteroatoms. The van der Waals surface area contributed by atoms with Crippen LogP contribution in [0.25, 0.3) is 0 Å². The molecule has 102 valence electrons. The van der Waals surface area contributed by atoms with E-state index in [1.165, 1.54) is 0 Å². The Morgan fingerprint density at radius 1 is 1.16 bits per heavy atom. The fourth-order valence-electron chi connectivity index (χ4n) is 1.89. The Bertz CT molecular complexity index is 538. The maximum Gasteiger partial charge on any atom is 0.156 e. The largest absolute Gasteiger partial charge is 0.370 e. The van der Waals surface area contributed by atoms with Crippen molar-refractivity contribution >= 4 is 11.6 Å². The van der Waals surface area contributed by atoms with E-state index in [1.54, 1.807) is 6.33 Å². The van der Waals surface area contributed by atoms with Crippen molar-refractivity contribution < 1.29 is 4.52 Å². The minimum atomic E-state index is 0.566. The van der Waals surface area contributed by atoms with Crippen LogP contribution in [0.2, 0.25) is 0 Å². The predicted molar refractivity (Wildman–Crippen MR) is 74.1 cm³/mol. The lowest BCUT2D eigenvalue weighted by Crippen LogP contribution is -2.09. The minimum Gasteiger partial charge on any atom is -0.370 e. The van der Waals surface area contributed by atoms with Gasteiger partial charge < -0.3 is 15.2 Å². The molecule has 6 nitrogen and oxygen atoms in total. The third-order valence-corrected chi connectivity index (χ3v) is 2.75. The lowest BCUT2D eigenvalue weighted by Gasteiger charge is -2.12. The highest BCUT2D eigenvalue weighted by Gasteiger charge is 2.09. The van der Waals surface area contributed by atoms with E-state index in [9.17, 15) is 0 Å². The maximum atomic E-state index is 5.17. The van der Waals surface area contributed by atoms with Crippen LogP contribution >= 0.6 is 0 Å². The van der Waals surface area contributed by atoms with Crippen LogP contribution in [0.1, 0.15) is 30.9 Å². The molecule has 2 aromatic rings. The zero-order chi connectivity index (χ0) is 13.7. The van der Waals surface area contributed by atoms with Crippen LogP contribution in [0.3, 0.4) is 0 Å². The summed E-state index contributed by atoms with van der Waals surface area (Å²) in [6.45, 7) is 7.44. The third-order valence-electron chi connectivity index (χ3n) is 2.75. The third kappa shape index (κ3) is 3.21. The Morgan fingerprint density at radius 2 is 1.89 bits per heavy atom. The predicted octanol–water partition coefficient (Wildman–Crippen LogP) is 2.38. The summed E-state index contributed by atoms with van der Waals surface area (Å²) in [4.78, 5) is 8.55. The van der Waals surface area contributed by atoms with Gasteiger partial charge in [-0.15, -0.1) is 0 Å². The van der Waals surface area contributed by atoms with Crippen LogP contribution in [-0.2, 0) is 13.0 Å². The molecule has 0 saturated carbocycles. The Hall–Kier alpha value is -2.11. The average molecular weight is 261 g/mol. The second-order valence-corrected chi connectivity index (χ2v) is 4.22. The van der Waals surface area contributed by atoms with Crippen molar-refractivity contribution in [3.05, 3.63) is 29.4 Å². The van der Waals surface area contributed by atoms with Gasteiger partial charge in [-0.05, 0) is 20.3 Å². The highest BCUT2D eigenvalue weighted by atomic mass is 16.5. The molecule has 0 saturated heterocycles. The lowest BCUT2D eigenvalue weighted by atomic mass is 10.2. The molecule has 0 radical (unpaired) electrons. The first kappa shape index (κ1) is 13.3. The number of hydrogen-bond acceptors (Lipinski definition) is 6. The summed E-state index contributed by atoms with van der Waals surface area (Å²) < 4.78 is 5.17. The van der Waals surface area contributed by atoms with Crippen molar-refractivity contribution in [2.75, 3.05) is 17.2 Å². The van der Waals surface area contributed by atoms with Crippen LogP contribution in [0.4, 0.5) is 11.6 Å². The molecule has 0 spiro atoms. The van der Waals surface area contributed by atoms with E-state index in [1.807, 2.05) is 19.9 Å². The number of nitrogens with one attached hydrogen (secondary N) is 2. The quantitative estimate of drug-likeness (QED) is 0.831. The van der Waals surface area contributed by atoms with E-state index in [4.69, 9.17) is 4.52 Å². The van der Waals surface area contributed by atoms with Crippen molar-refractivity contribution in [1.82, 2.24) is 15.1 Å². The SMILES string of the molecule is CCNc1ncnc(NCc2cc(C)no2)c1CC. The zero-order valence-corrected chi connectivity index (χ0v) is 11.5. The molecule has 2 rings (SSSR count). The van der Waals surface area contributed by atoms with Crippen molar-refractivity contribution in [1.29, 1.82) is 0 Å². The Morgan fingerprint density at radius 3 is 2.47 bits per heavy atom. The molecule has 2 N–H and O–H groups in total. The van der Waals surface area contributed by atoms with Gasteiger partial charge in [0, 0.05) is 18.2 Å². The molecular formula is C13H19N5O. The number of rotatable bonds is 6. The highest BCUT2D eigenvalue weighted by molar-refractivity contribution is 5.57. The monoisotopic (exact) mass is 261 g/mol. The maximum absolute atomic E-state index is 5.17. The van der Waals surface area contributed by atoms with E-state index in [-0.39, 0.29) is 0 Å². The fourth-order valence-corrected chi connectivity index (χ4v) is 1.89. The molecule has 0 bridgehead atoms.